The Balaban J connectivity index is 1.69. The molecule has 0 aromatic heterocycles. The number of fused-ring (bicyclic) bond motifs is 2. The Kier molecular flexibility index (Phi) is 3.75. The SMILES string of the molecule is N=C1C[C@H]2COc3ccc(-c4ccc(C(F)(F)F)cc4)cc3C(=O)N2C1. The first kappa shape index (κ1) is 16.6. The minimum atomic E-state index is -4.38. The van der Waals surface area contributed by atoms with Crippen LogP contribution in [0.25, 0.3) is 11.1 Å². The number of nitrogens with one attached hydrogen (secondary N) is 1. The number of halogens is 3. The number of rotatable bonds is 1. The number of ether oxygens (including phenoxy) is 1. The molecular weight excluding hydrogens is 345 g/mol. The van der Waals surface area contributed by atoms with Gasteiger partial charge in [0.1, 0.15) is 12.4 Å². The zero-order chi connectivity index (χ0) is 18.5. The Morgan fingerprint density at radius 1 is 1.08 bits per heavy atom. The van der Waals surface area contributed by atoms with Crippen molar-refractivity contribution in [2.75, 3.05) is 13.2 Å². The lowest BCUT2D eigenvalue weighted by Crippen LogP contribution is -2.36. The molecule has 4 nitrogen and oxygen atoms in total. The van der Waals surface area contributed by atoms with Crippen molar-refractivity contribution >= 4 is 11.6 Å². The number of benzene rings is 2. The molecule has 1 atom stereocenters. The molecule has 1 amide bonds. The summed E-state index contributed by atoms with van der Waals surface area (Å²) in [6, 6.07) is 9.73. The maximum absolute atomic E-state index is 12.8. The lowest BCUT2D eigenvalue weighted by atomic mass is 10.0. The summed E-state index contributed by atoms with van der Waals surface area (Å²) in [5.74, 6) is 0.255. The van der Waals surface area contributed by atoms with Crippen molar-refractivity contribution in [3.63, 3.8) is 0 Å². The third-order valence-electron chi connectivity index (χ3n) is 4.73. The first-order chi connectivity index (χ1) is 12.3. The minimum Gasteiger partial charge on any atom is -0.491 e. The number of hydrogen-bond donors (Lipinski definition) is 1. The van der Waals surface area contributed by atoms with E-state index in [1.807, 2.05) is 0 Å². The van der Waals surface area contributed by atoms with E-state index in [1.54, 1.807) is 23.1 Å². The van der Waals surface area contributed by atoms with Crippen LogP contribution in [0.5, 0.6) is 5.75 Å². The van der Waals surface area contributed by atoms with E-state index >= 15 is 0 Å². The maximum Gasteiger partial charge on any atom is 0.416 e. The molecule has 1 saturated heterocycles. The predicted octanol–water partition coefficient (Wildman–Crippen LogP) is 4.00. The number of amides is 1. The molecule has 2 aliphatic rings. The zero-order valence-electron chi connectivity index (χ0n) is 13.6. The number of carbonyl (C=O) groups excluding carboxylic acids is 1. The summed E-state index contributed by atoms with van der Waals surface area (Å²) in [7, 11) is 0. The van der Waals surface area contributed by atoms with Crippen LogP contribution in [0.15, 0.2) is 42.5 Å². The van der Waals surface area contributed by atoms with Gasteiger partial charge < -0.3 is 15.0 Å². The molecule has 0 aliphatic carbocycles. The van der Waals surface area contributed by atoms with Crippen molar-refractivity contribution in [3.8, 4) is 16.9 Å². The minimum absolute atomic E-state index is 0.142. The van der Waals surface area contributed by atoms with Gasteiger partial charge in [0, 0.05) is 12.1 Å². The third kappa shape index (κ3) is 2.83. The number of hydrogen-bond acceptors (Lipinski definition) is 3. The second kappa shape index (κ2) is 5.86. The highest BCUT2D eigenvalue weighted by Gasteiger charge is 2.37. The first-order valence-electron chi connectivity index (χ1n) is 8.14. The fourth-order valence-corrected chi connectivity index (χ4v) is 3.38. The van der Waals surface area contributed by atoms with Gasteiger partial charge in [-0.05, 0) is 35.4 Å². The Labute approximate surface area is 147 Å². The van der Waals surface area contributed by atoms with Crippen molar-refractivity contribution in [2.45, 2.75) is 18.6 Å². The van der Waals surface area contributed by atoms with Gasteiger partial charge >= 0.3 is 6.18 Å². The smallest absolute Gasteiger partial charge is 0.416 e. The van der Waals surface area contributed by atoms with Gasteiger partial charge in [0.05, 0.1) is 23.7 Å². The summed E-state index contributed by atoms with van der Waals surface area (Å²) < 4.78 is 43.9. The predicted molar refractivity (Wildman–Crippen MR) is 89.5 cm³/mol. The van der Waals surface area contributed by atoms with Gasteiger partial charge in [-0.25, -0.2) is 0 Å². The normalized spacial score (nSPS) is 19.7. The molecule has 0 saturated carbocycles. The van der Waals surface area contributed by atoms with Gasteiger partial charge in [0.25, 0.3) is 5.91 Å². The van der Waals surface area contributed by atoms with Gasteiger partial charge in [0.15, 0.2) is 0 Å². The average molecular weight is 360 g/mol. The van der Waals surface area contributed by atoms with E-state index in [4.69, 9.17) is 10.1 Å². The van der Waals surface area contributed by atoms with Crippen LogP contribution in [0.4, 0.5) is 13.2 Å². The molecule has 134 valence electrons. The maximum atomic E-state index is 12.8. The van der Waals surface area contributed by atoms with E-state index in [9.17, 15) is 18.0 Å². The van der Waals surface area contributed by atoms with Crippen LogP contribution in [0.3, 0.4) is 0 Å². The van der Waals surface area contributed by atoms with Crippen molar-refractivity contribution in [1.82, 2.24) is 4.90 Å². The van der Waals surface area contributed by atoms with E-state index in [-0.39, 0.29) is 18.5 Å². The molecule has 26 heavy (non-hydrogen) atoms. The monoisotopic (exact) mass is 360 g/mol. The second-order valence-electron chi connectivity index (χ2n) is 6.49. The Bertz CT molecular complexity index is 891. The van der Waals surface area contributed by atoms with Gasteiger partial charge in [-0.2, -0.15) is 13.2 Å². The van der Waals surface area contributed by atoms with Crippen molar-refractivity contribution in [3.05, 3.63) is 53.6 Å². The first-order valence-corrected chi connectivity index (χ1v) is 8.14. The number of carbonyl (C=O) groups is 1. The zero-order valence-corrected chi connectivity index (χ0v) is 13.6. The van der Waals surface area contributed by atoms with Gasteiger partial charge in [-0.15, -0.1) is 0 Å². The lowest BCUT2D eigenvalue weighted by molar-refractivity contribution is -0.137. The molecule has 4 rings (SSSR count). The van der Waals surface area contributed by atoms with Crippen LogP contribution in [-0.4, -0.2) is 35.7 Å². The van der Waals surface area contributed by atoms with Crippen LogP contribution in [0.2, 0.25) is 0 Å². The molecule has 0 spiro atoms. The van der Waals surface area contributed by atoms with Gasteiger partial charge in [-0.3, -0.25) is 4.79 Å². The van der Waals surface area contributed by atoms with E-state index in [2.05, 4.69) is 0 Å². The van der Waals surface area contributed by atoms with E-state index in [0.29, 0.717) is 41.2 Å². The summed E-state index contributed by atoms with van der Waals surface area (Å²) >= 11 is 0. The van der Waals surface area contributed by atoms with Crippen LogP contribution in [-0.2, 0) is 6.18 Å². The van der Waals surface area contributed by atoms with Crippen molar-refractivity contribution in [1.29, 1.82) is 5.41 Å². The standard InChI is InChI=1S/C19H15F3N2O2/c20-19(21,22)13-4-1-11(2-5-13)12-3-6-17-16(7-12)18(25)24-9-14(23)8-15(24)10-26-17/h1-7,15,23H,8-10H2/t15-/m0/s1. The largest absolute Gasteiger partial charge is 0.491 e. The summed E-state index contributed by atoms with van der Waals surface area (Å²) in [5.41, 5.74) is 1.38. The molecule has 0 bridgehead atoms. The summed E-state index contributed by atoms with van der Waals surface area (Å²) in [6.07, 6.45) is -3.88. The summed E-state index contributed by atoms with van der Waals surface area (Å²) in [6.45, 7) is 0.623. The molecule has 2 aromatic carbocycles. The molecular formula is C19H15F3N2O2. The Morgan fingerprint density at radius 3 is 2.46 bits per heavy atom. The Hall–Kier alpha value is -2.83. The van der Waals surface area contributed by atoms with Gasteiger partial charge in [0.2, 0.25) is 0 Å². The highest BCUT2D eigenvalue weighted by Crippen LogP contribution is 2.34. The molecule has 2 aliphatic heterocycles. The molecule has 7 heteroatoms. The van der Waals surface area contributed by atoms with Crippen LogP contribution in [0, 0.1) is 5.41 Å². The van der Waals surface area contributed by atoms with Gasteiger partial charge in [-0.1, -0.05) is 18.2 Å². The molecule has 0 unspecified atom stereocenters. The number of nitrogens with zero attached hydrogens (tertiary/aromatic N) is 1. The third-order valence-corrected chi connectivity index (χ3v) is 4.73. The highest BCUT2D eigenvalue weighted by molar-refractivity contribution is 6.02. The average Bonchev–Trinajstić information content (AvgIpc) is 2.94. The van der Waals surface area contributed by atoms with Crippen molar-refractivity contribution < 1.29 is 22.7 Å². The quantitative estimate of drug-likeness (QED) is 0.836. The van der Waals surface area contributed by atoms with Crippen molar-refractivity contribution in [2.24, 2.45) is 0 Å². The van der Waals surface area contributed by atoms with E-state index < -0.39 is 11.7 Å². The topological polar surface area (TPSA) is 53.4 Å². The molecule has 1 N–H and O–H groups in total. The fourth-order valence-electron chi connectivity index (χ4n) is 3.38. The molecule has 2 heterocycles. The lowest BCUT2D eigenvalue weighted by Gasteiger charge is -2.19. The van der Waals surface area contributed by atoms with E-state index in [0.717, 1.165) is 12.1 Å². The highest BCUT2D eigenvalue weighted by atomic mass is 19.4. The second-order valence-corrected chi connectivity index (χ2v) is 6.49. The Morgan fingerprint density at radius 2 is 1.77 bits per heavy atom. The molecule has 0 radical (unpaired) electrons. The molecule has 2 aromatic rings. The molecule has 1 fully saturated rings. The number of alkyl halides is 3. The van der Waals surface area contributed by atoms with Crippen LogP contribution < -0.4 is 4.74 Å². The van der Waals surface area contributed by atoms with E-state index in [1.165, 1.54) is 12.1 Å². The van der Waals surface area contributed by atoms with Crippen LogP contribution >= 0.6 is 0 Å². The summed E-state index contributed by atoms with van der Waals surface area (Å²) in [5, 5.41) is 7.80. The van der Waals surface area contributed by atoms with Crippen LogP contribution in [0.1, 0.15) is 22.3 Å². The summed E-state index contributed by atoms with van der Waals surface area (Å²) in [4.78, 5) is 14.5. The fraction of sp³-hybridized carbons (Fsp3) is 0.263.